The number of hydrogen-bond acceptors (Lipinski definition) is 5. The molecule has 0 saturated heterocycles. The zero-order chi connectivity index (χ0) is 13.2. The molecule has 1 aromatic heterocycles. The molecule has 5 nitrogen and oxygen atoms in total. The summed E-state index contributed by atoms with van der Waals surface area (Å²) in [6.07, 6.45) is 0. The van der Waals surface area contributed by atoms with Crippen LogP contribution in [0.2, 0.25) is 0 Å². The predicted molar refractivity (Wildman–Crippen MR) is 71.8 cm³/mol. The quantitative estimate of drug-likeness (QED) is 0.776. The highest BCUT2D eigenvalue weighted by Crippen LogP contribution is 2.10. The van der Waals surface area contributed by atoms with E-state index >= 15 is 0 Å². The molecule has 0 fully saturated rings. The van der Waals surface area contributed by atoms with Gasteiger partial charge in [-0.2, -0.15) is 8.42 Å². The van der Waals surface area contributed by atoms with Gasteiger partial charge in [0.2, 0.25) is 4.80 Å². The van der Waals surface area contributed by atoms with Gasteiger partial charge in [-0.25, -0.2) is 0 Å². The Labute approximate surface area is 112 Å². The van der Waals surface area contributed by atoms with Crippen molar-refractivity contribution < 1.29 is 8.42 Å². The normalized spacial score (nSPS) is 14.1. The minimum absolute atomic E-state index is 0.193. The summed E-state index contributed by atoms with van der Waals surface area (Å²) in [4.78, 5) is 5.38. The van der Waals surface area contributed by atoms with E-state index in [0.717, 1.165) is 4.80 Å². The van der Waals surface area contributed by atoms with E-state index in [1.807, 2.05) is 0 Å². The molecule has 0 amide bonds. The monoisotopic (exact) mass is 301 g/mol. The summed E-state index contributed by atoms with van der Waals surface area (Å²) in [6, 6.07) is 8.17. The van der Waals surface area contributed by atoms with Crippen LogP contribution in [0.25, 0.3) is 0 Å². The molecule has 0 saturated carbocycles. The van der Waals surface area contributed by atoms with Gasteiger partial charge in [0.25, 0.3) is 10.0 Å². The third kappa shape index (κ3) is 2.60. The van der Waals surface area contributed by atoms with Gasteiger partial charge in [0.15, 0.2) is 4.80 Å². The number of aromatic nitrogens is 1. The highest BCUT2D eigenvalue weighted by molar-refractivity contribution is 7.90. The van der Waals surface area contributed by atoms with Gasteiger partial charge >= 0.3 is 0 Å². The smallest absolute Gasteiger partial charge is 0.285 e. The summed E-state index contributed by atoms with van der Waals surface area (Å²) >= 11 is 0. The van der Waals surface area contributed by atoms with Gasteiger partial charge in [0, 0.05) is 14.1 Å². The Balaban J connectivity index is 2.61. The lowest BCUT2D eigenvalue weighted by Crippen LogP contribution is -2.23. The van der Waals surface area contributed by atoms with E-state index in [2.05, 4.69) is 9.39 Å². The van der Waals surface area contributed by atoms with Gasteiger partial charge in [-0.1, -0.05) is 18.2 Å². The molecule has 0 radical (unpaired) electrons. The van der Waals surface area contributed by atoms with E-state index in [9.17, 15) is 8.42 Å². The van der Waals surface area contributed by atoms with Crippen molar-refractivity contribution in [1.29, 1.82) is 0 Å². The van der Waals surface area contributed by atoms with E-state index in [1.54, 1.807) is 36.9 Å². The van der Waals surface area contributed by atoms with Crippen molar-refractivity contribution >= 4 is 30.7 Å². The third-order valence-electron chi connectivity index (χ3n) is 2.20. The van der Waals surface area contributed by atoms with E-state index in [4.69, 9.17) is 0 Å². The van der Waals surface area contributed by atoms with Gasteiger partial charge in [-0.05, 0) is 32.8 Å². The molecule has 0 aliphatic rings. The fraction of sp³-hybridized carbons (Fsp3) is 0.200. The van der Waals surface area contributed by atoms with Gasteiger partial charge in [-0.3, -0.25) is 9.56 Å². The summed E-state index contributed by atoms with van der Waals surface area (Å²) in [5.41, 5.74) is 0. The lowest BCUT2D eigenvalue weighted by atomic mass is 10.4. The van der Waals surface area contributed by atoms with Crippen LogP contribution in [-0.4, -0.2) is 20.0 Å². The average molecular weight is 301 g/mol. The molecule has 0 bridgehead atoms. The van der Waals surface area contributed by atoms with Crippen LogP contribution in [0.5, 0.6) is 0 Å². The number of nitrogens with zero attached hydrogens (tertiary/aromatic N) is 3. The molecular weight excluding hydrogens is 290 g/mol. The van der Waals surface area contributed by atoms with Crippen molar-refractivity contribution in [3.63, 3.8) is 0 Å². The first kappa shape index (κ1) is 13.2. The predicted octanol–water partition coefficient (Wildman–Crippen LogP) is 0.968. The molecule has 0 spiro atoms. The fourth-order valence-electron chi connectivity index (χ4n) is 1.28. The highest BCUT2D eigenvalue weighted by Gasteiger charge is 2.12. The molecule has 8 heteroatoms. The van der Waals surface area contributed by atoms with E-state index in [1.165, 1.54) is 32.8 Å². The van der Waals surface area contributed by atoms with Crippen LogP contribution in [0.4, 0.5) is 0 Å². The van der Waals surface area contributed by atoms with Gasteiger partial charge in [0.1, 0.15) is 0 Å². The number of benzene rings is 1. The zero-order valence-electron chi connectivity index (χ0n) is 9.77. The number of rotatable bonds is 2. The lowest BCUT2D eigenvalue weighted by Gasteiger charge is -1.96. The first-order valence-corrected chi connectivity index (χ1v) is 8.58. The zero-order valence-corrected chi connectivity index (χ0v) is 12.2. The van der Waals surface area contributed by atoms with Crippen LogP contribution < -0.4 is 9.60 Å². The Morgan fingerprint density at radius 2 is 1.72 bits per heavy atom. The summed E-state index contributed by atoms with van der Waals surface area (Å²) in [6.45, 7) is 0. The van der Waals surface area contributed by atoms with Crippen molar-refractivity contribution in [2.24, 2.45) is 16.4 Å². The SMILES string of the molecule is CN=c1ssc(=NS(=O)(=O)c2ccccc2)n1C. The van der Waals surface area contributed by atoms with Crippen molar-refractivity contribution in [2.75, 3.05) is 7.05 Å². The maximum atomic E-state index is 12.1. The van der Waals surface area contributed by atoms with Crippen LogP contribution >= 0.6 is 20.7 Å². The molecule has 1 aromatic carbocycles. The summed E-state index contributed by atoms with van der Waals surface area (Å²) < 4.78 is 29.6. The molecule has 0 atom stereocenters. The van der Waals surface area contributed by atoms with E-state index in [-0.39, 0.29) is 4.90 Å². The Bertz CT molecular complexity index is 766. The first-order valence-electron chi connectivity index (χ1n) is 4.99. The summed E-state index contributed by atoms with van der Waals surface area (Å²) in [5.74, 6) is 0. The Hall–Kier alpha value is -1.25. The highest BCUT2D eigenvalue weighted by atomic mass is 32.9. The van der Waals surface area contributed by atoms with Crippen LogP contribution in [0.1, 0.15) is 0 Å². The topological polar surface area (TPSA) is 63.8 Å². The van der Waals surface area contributed by atoms with Crippen LogP contribution in [-0.2, 0) is 17.1 Å². The van der Waals surface area contributed by atoms with Crippen LogP contribution in [0.3, 0.4) is 0 Å². The van der Waals surface area contributed by atoms with E-state index in [0.29, 0.717) is 4.80 Å². The fourth-order valence-corrected chi connectivity index (χ4v) is 4.92. The number of hydrogen-bond donors (Lipinski definition) is 0. The number of sulfonamides is 1. The summed E-state index contributed by atoms with van der Waals surface area (Å²) in [5, 5.41) is 0. The standard InChI is InChI=1S/C10H11N3O2S3/c1-11-9-13(2)10(17-16-9)12-18(14,15)8-6-4-3-5-7-8/h3-7H,1-2H3. The molecule has 96 valence electrons. The molecule has 2 aromatic rings. The molecule has 18 heavy (non-hydrogen) atoms. The second-order valence-corrected chi connectivity index (χ2v) is 7.06. The van der Waals surface area contributed by atoms with Gasteiger partial charge < -0.3 is 0 Å². The van der Waals surface area contributed by atoms with Gasteiger partial charge in [0.05, 0.1) is 4.90 Å². The van der Waals surface area contributed by atoms with Gasteiger partial charge in [-0.15, -0.1) is 4.40 Å². The molecule has 0 aliphatic heterocycles. The minimum Gasteiger partial charge on any atom is -0.295 e. The average Bonchev–Trinajstić information content (AvgIpc) is 2.71. The first-order chi connectivity index (χ1) is 8.54. The molecule has 2 rings (SSSR count). The van der Waals surface area contributed by atoms with Crippen molar-refractivity contribution in [3.05, 3.63) is 39.9 Å². The Morgan fingerprint density at radius 3 is 2.28 bits per heavy atom. The van der Waals surface area contributed by atoms with Crippen molar-refractivity contribution in [2.45, 2.75) is 4.90 Å². The maximum absolute atomic E-state index is 12.1. The largest absolute Gasteiger partial charge is 0.295 e. The van der Waals surface area contributed by atoms with Crippen molar-refractivity contribution in [1.82, 2.24) is 4.57 Å². The second kappa shape index (κ2) is 5.17. The summed E-state index contributed by atoms with van der Waals surface area (Å²) in [7, 11) is 2.43. The minimum atomic E-state index is -3.65. The molecule has 0 unspecified atom stereocenters. The maximum Gasteiger partial charge on any atom is 0.285 e. The molecular formula is C10H11N3O2S3. The third-order valence-corrected chi connectivity index (χ3v) is 5.94. The van der Waals surface area contributed by atoms with Crippen molar-refractivity contribution in [3.8, 4) is 0 Å². The lowest BCUT2D eigenvalue weighted by molar-refractivity contribution is 0.596. The molecule has 0 N–H and O–H groups in total. The van der Waals surface area contributed by atoms with Crippen LogP contribution in [0, 0.1) is 0 Å². The second-order valence-electron chi connectivity index (χ2n) is 3.39. The molecule has 1 heterocycles. The Kier molecular flexibility index (Phi) is 3.79. The van der Waals surface area contributed by atoms with Crippen LogP contribution in [0.15, 0.2) is 44.6 Å². The van der Waals surface area contributed by atoms with E-state index < -0.39 is 10.0 Å². The molecule has 0 aliphatic carbocycles. The Morgan fingerprint density at radius 1 is 1.11 bits per heavy atom.